The molecule has 3 unspecified atom stereocenters. The van der Waals surface area contributed by atoms with Crippen LogP contribution in [0.5, 0.6) is 0 Å². The Bertz CT molecular complexity index is 182. The van der Waals surface area contributed by atoms with Crippen LogP contribution in [0.25, 0.3) is 0 Å². The van der Waals surface area contributed by atoms with Gasteiger partial charge in [0.25, 0.3) is 0 Å². The third kappa shape index (κ3) is 3.36. The number of rotatable bonds is 5. The summed E-state index contributed by atoms with van der Waals surface area (Å²) in [5.74, 6) is 0. The first kappa shape index (κ1) is 11.7. The van der Waals surface area contributed by atoms with E-state index in [2.05, 4.69) is 11.6 Å². The van der Waals surface area contributed by atoms with Crippen LogP contribution < -0.4 is 5.32 Å². The van der Waals surface area contributed by atoms with Gasteiger partial charge in [-0.15, -0.1) is 0 Å². The minimum Gasteiger partial charge on any atom is -0.378 e. The van der Waals surface area contributed by atoms with Crippen LogP contribution in [0.4, 0.5) is 0 Å². The molecule has 1 heterocycles. The highest BCUT2D eigenvalue weighted by Gasteiger charge is 2.26. The highest BCUT2D eigenvalue weighted by atomic mass is 32.2. The first-order valence-electron chi connectivity index (χ1n) is 6.28. The second kappa shape index (κ2) is 6.12. The molecule has 2 aliphatic rings. The summed E-state index contributed by atoms with van der Waals surface area (Å²) in [5.41, 5.74) is 0. The van der Waals surface area contributed by atoms with E-state index in [1.807, 2.05) is 11.8 Å². The maximum Gasteiger partial charge on any atom is 0.0588 e. The summed E-state index contributed by atoms with van der Waals surface area (Å²) in [5, 5.41) is 4.56. The average Bonchev–Trinajstić information content (AvgIpc) is 2.88. The van der Waals surface area contributed by atoms with Crippen molar-refractivity contribution < 1.29 is 4.74 Å². The number of hydrogen-bond donors (Lipinski definition) is 1. The van der Waals surface area contributed by atoms with Crippen molar-refractivity contribution >= 4 is 11.8 Å². The predicted octanol–water partition coefficient (Wildman–Crippen LogP) is 2.43. The van der Waals surface area contributed by atoms with Gasteiger partial charge in [-0.2, -0.15) is 11.8 Å². The van der Waals surface area contributed by atoms with Gasteiger partial charge in [-0.3, -0.25) is 0 Å². The second-order valence-corrected chi connectivity index (χ2v) is 5.77. The van der Waals surface area contributed by atoms with Crippen molar-refractivity contribution in [1.29, 1.82) is 0 Å². The Morgan fingerprint density at radius 1 is 1.27 bits per heavy atom. The van der Waals surface area contributed by atoms with E-state index in [1.165, 1.54) is 38.5 Å². The highest BCUT2D eigenvalue weighted by Crippen LogP contribution is 2.28. The monoisotopic (exact) mass is 229 g/mol. The van der Waals surface area contributed by atoms with Gasteiger partial charge in [-0.25, -0.2) is 0 Å². The summed E-state index contributed by atoms with van der Waals surface area (Å²) in [6.07, 6.45) is 10.7. The third-order valence-corrected chi connectivity index (χ3v) is 4.82. The molecule has 3 atom stereocenters. The van der Waals surface area contributed by atoms with E-state index in [0.29, 0.717) is 6.10 Å². The lowest BCUT2D eigenvalue weighted by molar-refractivity contribution is 0.103. The quantitative estimate of drug-likeness (QED) is 0.782. The Balaban J connectivity index is 1.60. The van der Waals surface area contributed by atoms with Crippen LogP contribution in [0.15, 0.2) is 0 Å². The zero-order chi connectivity index (χ0) is 10.5. The zero-order valence-corrected chi connectivity index (χ0v) is 10.5. The van der Waals surface area contributed by atoms with Crippen molar-refractivity contribution in [3.05, 3.63) is 0 Å². The SMILES string of the molecule is CSC1CCCC1NCCC1CCCO1. The Morgan fingerprint density at radius 2 is 2.20 bits per heavy atom. The Hall–Kier alpha value is 0.270. The fraction of sp³-hybridized carbons (Fsp3) is 1.00. The number of nitrogens with one attached hydrogen (secondary N) is 1. The van der Waals surface area contributed by atoms with Crippen LogP contribution in [0, 0.1) is 0 Å². The number of hydrogen-bond acceptors (Lipinski definition) is 3. The van der Waals surface area contributed by atoms with E-state index in [-0.39, 0.29) is 0 Å². The summed E-state index contributed by atoms with van der Waals surface area (Å²) >= 11 is 2.03. The maximum absolute atomic E-state index is 5.63. The molecule has 1 aliphatic carbocycles. The normalized spacial score (nSPS) is 36.2. The summed E-state index contributed by atoms with van der Waals surface area (Å²) in [7, 11) is 0. The minimum atomic E-state index is 0.548. The van der Waals surface area contributed by atoms with Crippen molar-refractivity contribution in [2.75, 3.05) is 19.4 Å². The van der Waals surface area contributed by atoms with Gasteiger partial charge in [0.15, 0.2) is 0 Å². The van der Waals surface area contributed by atoms with E-state index < -0.39 is 0 Å². The minimum absolute atomic E-state index is 0.548. The topological polar surface area (TPSA) is 21.3 Å². The van der Waals surface area contributed by atoms with E-state index in [1.54, 1.807) is 0 Å². The van der Waals surface area contributed by atoms with Gasteiger partial charge in [0.2, 0.25) is 0 Å². The molecule has 1 N–H and O–H groups in total. The van der Waals surface area contributed by atoms with Crippen LogP contribution in [0.2, 0.25) is 0 Å². The molecule has 1 aliphatic heterocycles. The molecule has 0 radical (unpaired) electrons. The van der Waals surface area contributed by atoms with Gasteiger partial charge in [0.05, 0.1) is 6.10 Å². The molecule has 1 saturated carbocycles. The van der Waals surface area contributed by atoms with Gasteiger partial charge in [-0.05, 0) is 44.9 Å². The van der Waals surface area contributed by atoms with Crippen LogP contribution >= 0.6 is 11.8 Å². The molecule has 0 bridgehead atoms. The molecule has 0 aromatic heterocycles. The Labute approximate surface area is 97.5 Å². The van der Waals surface area contributed by atoms with E-state index in [9.17, 15) is 0 Å². The molecule has 0 aromatic rings. The van der Waals surface area contributed by atoms with Gasteiger partial charge in [0, 0.05) is 17.9 Å². The summed E-state index contributed by atoms with van der Waals surface area (Å²) in [4.78, 5) is 0. The average molecular weight is 229 g/mol. The molecular weight excluding hydrogens is 206 g/mol. The molecular formula is C12H23NOS. The van der Waals surface area contributed by atoms with Gasteiger partial charge in [0.1, 0.15) is 0 Å². The number of thioether (sulfide) groups is 1. The van der Waals surface area contributed by atoms with Gasteiger partial charge in [-0.1, -0.05) is 6.42 Å². The van der Waals surface area contributed by atoms with Crippen LogP contribution in [-0.2, 0) is 4.74 Å². The molecule has 2 rings (SSSR count). The number of ether oxygens (including phenoxy) is 1. The van der Waals surface area contributed by atoms with Crippen LogP contribution in [-0.4, -0.2) is 36.8 Å². The smallest absolute Gasteiger partial charge is 0.0588 e. The standard InChI is InChI=1S/C12H23NOS/c1-15-12-6-2-5-11(12)13-8-7-10-4-3-9-14-10/h10-13H,2-9H2,1H3. The van der Waals surface area contributed by atoms with E-state index in [0.717, 1.165) is 24.4 Å². The van der Waals surface area contributed by atoms with Gasteiger partial charge < -0.3 is 10.1 Å². The molecule has 15 heavy (non-hydrogen) atoms. The summed E-state index contributed by atoms with van der Waals surface area (Å²) in [6, 6.07) is 0.765. The van der Waals surface area contributed by atoms with E-state index >= 15 is 0 Å². The summed E-state index contributed by atoms with van der Waals surface area (Å²) in [6.45, 7) is 2.13. The van der Waals surface area contributed by atoms with Crippen molar-refractivity contribution in [3.63, 3.8) is 0 Å². The lowest BCUT2D eigenvalue weighted by Gasteiger charge is -2.20. The predicted molar refractivity (Wildman–Crippen MR) is 66.5 cm³/mol. The molecule has 0 amide bonds. The van der Waals surface area contributed by atoms with Crippen LogP contribution in [0.3, 0.4) is 0 Å². The molecule has 2 fully saturated rings. The van der Waals surface area contributed by atoms with Crippen molar-refractivity contribution in [1.82, 2.24) is 5.32 Å². The lowest BCUT2D eigenvalue weighted by Crippen LogP contribution is -2.35. The van der Waals surface area contributed by atoms with Crippen LogP contribution in [0.1, 0.15) is 38.5 Å². The van der Waals surface area contributed by atoms with Crippen molar-refractivity contribution in [3.8, 4) is 0 Å². The van der Waals surface area contributed by atoms with E-state index in [4.69, 9.17) is 4.74 Å². The van der Waals surface area contributed by atoms with Gasteiger partial charge >= 0.3 is 0 Å². The summed E-state index contributed by atoms with van der Waals surface area (Å²) < 4.78 is 5.63. The third-order valence-electron chi connectivity index (χ3n) is 3.65. The molecule has 0 spiro atoms. The molecule has 3 heteroatoms. The molecule has 0 aromatic carbocycles. The Morgan fingerprint density at radius 3 is 2.93 bits per heavy atom. The zero-order valence-electron chi connectivity index (χ0n) is 9.71. The fourth-order valence-corrected chi connectivity index (χ4v) is 3.71. The maximum atomic E-state index is 5.63. The second-order valence-electron chi connectivity index (χ2n) is 4.69. The first-order chi connectivity index (χ1) is 7.40. The molecule has 2 nitrogen and oxygen atoms in total. The highest BCUT2D eigenvalue weighted by molar-refractivity contribution is 7.99. The van der Waals surface area contributed by atoms with Crippen molar-refractivity contribution in [2.24, 2.45) is 0 Å². The molecule has 1 saturated heterocycles. The molecule has 88 valence electrons. The fourth-order valence-electron chi connectivity index (χ4n) is 2.74. The largest absolute Gasteiger partial charge is 0.378 e. The lowest BCUT2D eigenvalue weighted by atomic mass is 10.1. The van der Waals surface area contributed by atoms with Crippen molar-refractivity contribution in [2.45, 2.75) is 55.9 Å². The Kier molecular flexibility index (Phi) is 4.79. The first-order valence-corrected chi connectivity index (χ1v) is 7.56.